The lowest BCUT2D eigenvalue weighted by molar-refractivity contribution is 0.0929. The molecule has 1 aromatic carbocycles. The third-order valence-electron chi connectivity index (χ3n) is 3.70. The van der Waals surface area contributed by atoms with Crippen molar-refractivity contribution in [2.24, 2.45) is 0 Å². The van der Waals surface area contributed by atoms with Crippen molar-refractivity contribution in [1.82, 2.24) is 20.0 Å². The lowest BCUT2D eigenvalue weighted by Crippen LogP contribution is -2.34. The second-order valence-electron chi connectivity index (χ2n) is 5.35. The van der Waals surface area contributed by atoms with Crippen LogP contribution in [0.2, 0.25) is 0 Å². The topological polar surface area (TPSA) is 75.5 Å². The monoisotopic (exact) mass is 370 g/mol. The number of carbonyl (C=O) groups excluding carboxylic acids is 2. The molecule has 0 atom stereocenters. The van der Waals surface area contributed by atoms with E-state index in [0.717, 1.165) is 15.3 Å². The fourth-order valence-corrected chi connectivity index (χ4v) is 4.21. The largest absolute Gasteiger partial charge is 0.350 e. The minimum Gasteiger partial charge on any atom is -0.350 e. The zero-order valence-electron chi connectivity index (χ0n) is 13.1. The zero-order valence-corrected chi connectivity index (χ0v) is 14.7. The van der Waals surface area contributed by atoms with Gasteiger partial charge in [-0.3, -0.25) is 14.0 Å². The number of thiophene rings is 1. The van der Waals surface area contributed by atoms with Gasteiger partial charge in [0.05, 0.1) is 10.4 Å². The Morgan fingerprint density at radius 3 is 2.64 bits per heavy atom. The van der Waals surface area contributed by atoms with Crippen molar-refractivity contribution < 1.29 is 9.59 Å². The van der Waals surface area contributed by atoms with Crippen LogP contribution >= 0.6 is 22.7 Å². The van der Waals surface area contributed by atoms with E-state index < -0.39 is 0 Å². The molecule has 126 valence electrons. The van der Waals surface area contributed by atoms with Crippen LogP contribution in [-0.4, -0.2) is 34.3 Å². The van der Waals surface area contributed by atoms with Crippen molar-refractivity contribution in [3.05, 3.63) is 58.4 Å². The van der Waals surface area contributed by atoms with Gasteiger partial charge in [0, 0.05) is 30.2 Å². The first-order valence-electron chi connectivity index (χ1n) is 7.69. The van der Waals surface area contributed by atoms with Crippen LogP contribution in [0.1, 0.15) is 20.0 Å². The molecule has 0 aliphatic carbocycles. The molecule has 25 heavy (non-hydrogen) atoms. The molecule has 8 heteroatoms. The molecule has 2 amide bonds. The number of nitrogens with zero attached hydrogens (tertiary/aromatic N) is 2. The summed E-state index contributed by atoms with van der Waals surface area (Å²) in [6, 6.07) is 10.8. The van der Waals surface area contributed by atoms with Crippen LogP contribution in [0.15, 0.2) is 48.0 Å². The van der Waals surface area contributed by atoms with Gasteiger partial charge in [-0.15, -0.1) is 22.7 Å². The summed E-state index contributed by atoms with van der Waals surface area (Å²) in [6.45, 7) is 0.742. The average Bonchev–Trinajstić information content (AvgIpc) is 3.31. The van der Waals surface area contributed by atoms with Crippen LogP contribution in [0.3, 0.4) is 0 Å². The fourth-order valence-electron chi connectivity index (χ4n) is 2.49. The quantitative estimate of drug-likeness (QED) is 0.531. The molecular weight excluding hydrogens is 356 g/mol. The van der Waals surface area contributed by atoms with Gasteiger partial charge in [0.1, 0.15) is 4.83 Å². The number of hydrogen-bond acceptors (Lipinski definition) is 5. The first-order valence-corrected chi connectivity index (χ1v) is 9.38. The standard InChI is InChI=1S/C17H14N4O2S2/c22-14(11-4-2-1-3-5-11)18-6-7-19-15(23)13-10-12-16(25-13)20-17-21(12)8-9-24-17/h1-5,8-10H,6-7H2,(H,18,22)(H,19,23). The van der Waals surface area contributed by atoms with E-state index >= 15 is 0 Å². The van der Waals surface area contributed by atoms with E-state index in [0.29, 0.717) is 23.5 Å². The highest BCUT2D eigenvalue weighted by Gasteiger charge is 2.14. The van der Waals surface area contributed by atoms with E-state index in [1.54, 1.807) is 23.5 Å². The first kappa shape index (κ1) is 15.8. The number of benzene rings is 1. The van der Waals surface area contributed by atoms with E-state index in [2.05, 4.69) is 15.6 Å². The van der Waals surface area contributed by atoms with Crippen molar-refractivity contribution in [2.75, 3.05) is 13.1 Å². The molecule has 0 saturated heterocycles. The Bertz CT molecular complexity index is 1050. The number of nitrogens with one attached hydrogen (secondary N) is 2. The van der Waals surface area contributed by atoms with Gasteiger partial charge in [0.25, 0.3) is 11.8 Å². The van der Waals surface area contributed by atoms with E-state index in [1.807, 2.05) is 40.2 Å². The number of rotatable bonds is 5. The molecule has 6 nitrogen and oxygen atoms in total. The molecule has 0 spiro atoms. The maximum atomic E-state index is 12.3. The van der Waals surface area contributed by atoms with Gasteiger partial charge in [-0.2, -0.15) is 0 Å². The van der Waals surface area contributed by atoms with Crippen LogP contribution in [0, 0.1) is 0 Å². The van der Waals surface area contributed by atoms with Gasteiger partial charge in [0.15, 0.2) is 4.96 Å². The lowest BCUT2D eigenvalue weighted by atomic mass is 10.2. The molecule has 0 unspecified atom stereocenters. The highest BCUT2D eigenvalue weighted by Crippen LogP contribution is 2.28. The van der Waals surface area contributed by atoms with Crippen molar-refractivity contribution in [3.8, 4) is 0 Å². The third kappa shape index (κ3) is 3.13. The molecule has 0 aliphatic heterocycles. The van der Waals surface area contributed by atoms with Crippen LogP contribution < -0.4 is 10.6 Å². The Hall–Kier alpha value is -2.71. The van der Waals surface area contributed by atoms with Crippen molar-refractivity contribution in [2.45, 2.75) is 0 Å². The first-order chi connectivity index (χ1) is 12.2. The summed E-state index contributed by atoms with van der Waals surface area (Å²) in [5.41, 5.74) is 1.55. The molecular formula is C17H14N4O2S2. The minimum absolute atomic E-state index is 0.148. The number of carbonyl (C=O) groups is 2. The van der Waals surface area contributed by atoms with Gasteiger partial charge in [0.2, 0.25) is 0 Å². The molecule has 2 N–H and O–H groups in total. The Labute approximate surface area is 151 Å². The van der Waals surface area contributed by atoms with Gasteiger partial charge < -0.3 is 10.6 Å². The second kappa shape index (κ2) is 6.66. The van der Waals surface area contributed by atoms with Crippen LogP contribution in [0.25, 0.3) is 15.3 Å². The number of imidazole rings is 1. The third-order valence-corrected chi connectivity index (χ3v) is 5.47. The summed E-state index contributed by atoms with van der Waals surface area (Å²) in [4.78, 5) is 31.1. The summed E-state index contributed by atoms with van der Waals surface area (Å²) in [5, 5.41) is 7.57. The molecule has 0 bridgehead atoms. The summed E-state index contributed by atoms with van der Waals surface area (Å²) in [5.74, 6) is -0.300. The van der Waals surface area contributed by atoms with Gasteiger partial charge in [-0.05, 0) is 18.2 Å². The van der Waals surface area contributed by atoms with E-state index in [1.165, 1.54) is 11.3 Å². The van der Waals surface area contributed by atoms with Crippen molar-refractivity contribution in [1.29, 1.82) is 0 Å². The summed E-state index contributed by atoms with van der Waals surface area (Å²) >= 11 is 2.94. The highest BCUT2D eigenvalue weighted by atomic mass is 32.1. The maximum Gasteiger partial charge on any atom is 0.261 e. The Morgan fingerprint density at radius 1 is 1.08 bits per heavy atom. The molecule has 4 rings (SSSR count). The second-order valence-corrected chi connectivity index (χ2v) is 7.25. The van der Waals surface area contributed by atoms with E-state index in [4.69, 9.17) is 0 Å². The van der Waals surface area contributed by atoms with E-state index in [-0.39, 0.29) is 11.8 Å². The molecule has 3 heterocycles. The predicted octanol–water partition coefficient (Wildman–Crippen LogP) is 2.77. The normalized spacial score (nSPS) is 11.0. The lowest BCUT2D eigenvalue weighted by Gasteiger charge is -2.06. The number of fused-ring (bicyclic) bond motifs is 3. The molecule has 0 saturated carbocycles. The average molecular weight is 370 g/mol. The van der Waals surface area contributed by atoms with Crippen molar-refractivity contribution >= 4 is 49.8 Å². The summed E-state index contributed by atoms with van der Waals surface area (Å²) < 4.78 is 1.98. The highest BCUT2D eigenvalue weighted by molar-refractivity contribution is 7.21. The van der Waals surface area contributed by atoms with Crippen molar-refractivity contribution in [3.63, 3.8) is 0 Å². The van der Waals surface area contributed by atoms with Crippen LogP contribution in [0.5, 0.6) is 0 Å². The zero-order chi connectivity index (χ0) is 17.2. The molecule has 4 aromatic rings. The maximum absolute atomic E-state index is 12.3. The molecule has 0 aliphatic rings. The SMILES string of the molecule is O=C(NCCNC(=O)c1cc2c(nc3sccn32)s1)c1ccccc1. The molecule has 0 fully saturated rings. The number of amides is 2. The smallest absolute Gasteiger partial charge is 0.261 e. The molecule has 0 radical (unpaired) electrons. The Balaban J connectivity index is 1.33. The van der Waals surface area contributed by atoms with Gasteiger partial charge >= 0.3 is 0 Å². The Morgan fingerprint density at radius 2 is 1.84 bits per heavy atom. The molecule has 3 aromatic heterocycles. The fraction of sp³-hybridized carbons (Fsp3) is 0.118. The van der Waals surface area contributed by atoms with Crippen LogP contribution in [-0.2, 0) is 0 Å². The number of thiazole rings is 1. The van der Waals surface area contributed by atoms with Crippen LogP contribution in [0.4, 0.5) is 0 Å². The number of hydrogen-bond donors (Lipinski definition) is 2. The van der Waals surface area contributed by atoms with Gasteiger partial charge in [-0.1, -0.05) is 18.2 Å². The Kier molecular flexibility index (Phi) is 4.21. The number of aromatic nitrogens is 2. The summed E-state index contributed by atoms with van der Waals surface area (Å²) in [7, 11) is 0. The summed E-state index contributed by atoms with van der Waals surface area (Å²) in [6.07, 6.45) is 1.95. The minimum atomic E-state index is -0.152. The van der Waals surface area contributed by atoms with Gasteiger partial charge in [-0.25, -0.2) is 4.98 Å². The predicted molar refractivity (Wildman–Crippen MR) is 99.6 cm³/mol. The van der Waals surface area contributed by atoms with E-state index in [9.17, 15) is 9.59 Å².